The Bertz CT molecular complexity index is 1060. The molecule has 1 N–H and O–H groups in total. The molecule has 172 valence electrons. The Morgan fingerprint density at radius 2 is 1.56 bits per heavy atom. The summed E-state index contributed by atoms with van der Waals surface area (Å²) in [6, 6.07) is 12.0. The van der Waals surface area contributed by atoms with Crippen LogP contribution in [0.15, 0.2) is 47.4 Å². The van der Waals surface area contributed by atoms with Gasteiger partial charge in [0.1, 0.15) is 0 Å². The molecular weight excluding hydrogens is 448 g/mol. The van der Waals surface area contributed by atoms with E-state index in [1.165, 1.54) is 41.8 Å². The second-order valence-corrected chi connectivity index (χ2v) is 10.7. The Labute approximate surface area is 195 Å². The van der Waals surface area contributed by atoms with Gasteiger partial charge in [0.15, 0.2) is 0 Å². The molecule has 0 unspecified atom stereocenters. The van der Waals surface area contributed by atoms with E-state index in [0.29, 0.717) is 31.9 Å². The van der Waals surface area contributed by atoms with Crippen molar-refractivity contribution in [3.8, 4) is 0 Å². The van der Waals surface area contributed by atoms with Crippen molar-refractivity contribution in [3.05, 3.63) is 53.1 Å². The number of hydrogen-bond donors (Lipinski definition) is 1. The van der Waals surface area contributed by atoms with E-state index in [1.807, 2.05) is 31.3 Å². The number of rotatable bonds is 5. The smallest absolute Gasteiger partial charge is 0.257 e. The molecule has 2 fully saturated rings. The maximum absolute atomic E-state index is 13.1. The van der Waals surface area contributed by atoms with Crippen LogP contribution in [-0.4, -0.2) is 69.8 Å². The second-order valence-electron chi connectivity index (χ2n) is 8.40. The Hall–Kier alpha value is -2.13. The second kappa shape index (κ2) is 9.79. The summed E-state index contributed by atoms with van der Waals surface area (Å²) < 4.78 is 27.6. The quantitative estimate of drug-likeness (QED) is 0.714. The minimum Gasteiger partial charge on any atom is -0.372 e. The van der Waals surface area contributed by atoms with Crippen molar-refractivity contribution in [1.82, 2.24) is 9.21 Å². The highest BCUT2D eigenvalue weighted by molar-refractivity contribution is 7.89. The first-order chi connectivity index (χ1) is 15.3. The predicted octanol–water partition coefficient (Wildman–Crippen LogP) is 3.52. The van der Waals surface area contributed by atoms with Gasteiger partial charge >= 0.3 is 0 Å². The average molecular weight is 477 g/mol. The minimum atomic E-state index is -3.69. The maximum Gasteiger partial charge on any atom is 0.257 e. The first kappa shape index (κ1) is 23.0. The van der Waals surface area contributed by atoms with Gasteiger partial charge in [0.25, 0.3) is 5.91 Å². The lowest BCUT2D eigenvalue weighted by Gasteiger charge is -2.31. The van der Waals surface area contributed by atoms with Crippen molar-refractivity contribution in [1.29, 1.82) is 0 Å². The van der Waals surface area contributed by atoms with E-state index in [4.69, 9.17) is 11.6 Å². The van der Waals surface area contributed by atoms with Crippen molar-refractivity contribution >= 4 is 38.9 Å². The van der Waals surface area contributed by atoms with E-state index in [1.54, 1.807) is 0 Å². The van der Waals surface area contributed by atoms with Crippen molar-refractivity contribution < 1.29 is 13.2 Å². The molecular formula is C23H29ClN4O3S. The average Bonchev–Trinajstić information content (AvgIpc) is 2.80. The third-order valence-corrected chi connectivity index (χ3v) is 8.35. The highest BCUT2D eigenvalue weighted by atomic mass is 35.5. The molecule has 7 nitrogen and oxygen atoms in total. The van der Waals surface area contributed by atoms with Crippen LogP contribution in [0.5, 0.6) is 0 Å². The molecule has 0 aliphatic carbocycles. The maximum atomic E-state index is 13.1. The Balaban J connectivity index is 1.49. The van der Waals surface area contributed by atoms with Crippen molar-refractivity contribution in [2.24, 2.45) is 0 Å². The monoisotopic (exact) mass is 476 g/mol. The molecule has 2 aliphatic heterocycles. The molecule has 32 heavy (non-hydrogen) atoms. The van der Waals surface area contributed by atoms with Crippen LogP contribution in [0.25, 0.3) is 0 Å². The Morgan fingerprint density at radius 3 is 2.22 bits per heavy atom. The highest BCUT2D eigenvalue weighted by Crippen LogP contribution is 2.26. The lowest BCUT2D eigenvalue weighted by molar-refractivity contribution is 0.102. The summed E-state index contributed by atoms with van der Waals surface area (Å²) in [6.07, 6.45) is 3.67. The van der Waals surface area contributed by atoms with Crippen molar-refractivity contribution in [3.63, 3.8) is 0 Å². The molecule has 4 rings (SSSR count). The number of carbonyl (C=O) groups excluding carboxylic acids is 1. The number of benzene rings is 2. The van der Waals surface area contributed by atoms with Gasteiger partial charge in [-0.05, 0) is 68.8 Å². The molecule has 0 aromatic heterocycles. The number of nitrogens with one attached hydrogen (secondary N) is 1. The molecule has 1 amide bonds. The first-order valence-electron chi connectivity index (χ1n) is 11.0. The van der Waals surface area contributed by atoms with Gasteiger partial charge in [0.05, 0.1) is 15.5 Å². The van der Waals surface area contributed by atoms with E-state index < -0.39 is 15.9 Å². The highest BCUT2D eigenvalue weighted by Gasteiger charge is 2.28. The van der Waals surface area contributed by atoms with E-state index in [9.17, 15) is 13.2 Å². The molecule has 2 saturated heterocycles. The zero-order chi connectivity index (χ0) is 22.7. The van der Waals surface area contributed by atoms with E-state index >= 15 is 0 Å². The van der Waals surface area contributed by atoms with E-state index in [-0.39, 0.29) is 15.5 Å². The normalized spacial score (nSPS) is 18.5. The fourth-order valence-electron chi connectivity index (χ4n) is 4.12. The number of sulfonamides is 1. The number of piperazine rings is 1. The molecule has 2 aromatic carbocycles. The molecule has 0 bridgehead atoms. The van der Waals surface area contributed by atoms with E-state index in [2.05, 4.69) is 15.1 Å². The molecule has 2 aliphatic rings. The molecule has 0 saturated carbocycles. The summed E-state index contributed by atoms with van der Waals surface area (Å²) in [5, 5.41) is 3.05. The number of likely N-dealkylation sites (N-methyl/N-ethyl adjacent to an activating group) is 1. The van der Waals surface area contributed by atoms with Gasteiger partial charge in [0.2, 0.25) is 10.0 Å². The summed E-state index contributed by atoms with van der Waals surface area (Å²) in [7, 11) is -1.72. The van der Waals surface area contributed by atoms with Gasteiger partial charge in [0, 0.05) is 50.6 Å². The van der Waals surface area contributed by atoms with Crippen LogP contribution in [0.2, 0.25) is 5.02 Å². The number of carbonyl (C=O) groups is 1. The largest absolute Gasteiger partial charge is 0.372 e. The Kier molecular flexibility index (Phi) is 7.05. The van der Waals surface area contributed by atoms with Gasteiger partial charge < -0.3 is 15.1 Å². The number of piperidine rings is 1. The number of halogens is 1. The number of anilines is 2. The van der Waals surface area contributed by atoms with Crippen molar-refractivity contribution in [2.45, 2.75) is 24.2 Å². The van der Waals surface area contributed by atoms with Gasteiger partial charge in [-0.1, -0.05) is 11.6 Å². The van der Waals surface area contributed by atoms with Crippen LogP contribution in [0.4, 0.5) is 11.4 Å². The zero-order valence-electron chi connectivity index (χ0n) is 18.3. The molecule has 0 radical (unpaired) electrons. The zero-order valence-corrected chi connectivity index (χ0v) is 19.8. The number of amides is 1. The fourth-order valence-corrected chi connectivity index (χ4v) is 5.77. The number of nitrogens with zero attached hydrogens (tertiary/aromatic N) is 3. The molecule has 9 heteroatoms. The lowest BCUT2D eigenvalue weighted by Crippen LogP contribution is -2.47. The van der Waals surface area contributed by atoms with Crippen LogP contribution < -0.4 is 10.2 Å². The van der Waals surface area contributed by atoms with Crippen LogP contribution in [0.3, 0.4) is 0 Å². The molecule has 2 heterocycles. The first-order valence-corrected chi connectivity index (χ1v) is 12.8. The summed E-state index contributed by atoms with van der Waals surface area (Å²) in [4.78, 5) is 17.4. The topological polar surface area (TPSA) is 73.0 Å². The van der Waals surface area contributed by atoms with Crippen LogP contribution >= 0.6 is 11.6 Å². The predicted molar refractivity (Wildman–Crippen MR) is 128 cm³/mol. The fraction of sp³-hybridized carbons (Fsp3) is 0.435. The standard InChI is InChI=1S/C23H29ClN4O3S/c1-26-13-15-28(16-14-26)32(30,31)20-9-10-22(24)21(17-20)23(29)25-18-5-7-19(8-6-18)27-11-3-2-4-12-27/h5-10,17H,2-4,11-16H2,1H3,(H,25,29). The van der Waals surface area contributed by atoms with Gasteiger partial charge in [-0.2, -0.15) is 4.31 Å². The van der Waals surface area contributed by atoms with Gasteiger partial charge in [-0.25, -0.2) is 8.42 Å². The molecule has 0 atom stereocenters. The van der Waals surface area contributed by atoms with Gasteiger partial charge in [-0.3, -0.25) is 4.79 Å². The summed E-state index contributed by atoms with van der Waals surface area (Å²) in [5.74, 6) is -0.434. The van der Waals surface area contributed by atoms with Crippen LogP contribution in [-0.2, 0) is 10.0 Å². The van der Waals surface area contributed by atoms with Gasteiger partial charge in [-0.15, -0.1) is 0 Å². The summed E-state index contributed by atoms with van der Waals surface area (Å²) in [6.45, 7) is 4.30. The molecule has 2 aromatic rings. The van der Waals surface area contributed by atoms with Crippen molar-refractivity contribution in [2.75, 3.05) is 56.5 Å². The lowest BCUT2D eigenvalue weighted by atomic mass is 10.1. The van der Waals surface area contributed by atoms with E-state index in [0.717, 1.165) is 18.8 Å². The SMILES string of the molecule is CN1CCN(S(=O)(=O)c2ccc(Cl)c(C(=O)Nc3ccc(N4CCCCC4)cc3)c2)CC1. The van der Waals surface area contributed by atoms with Crippen LogP contribution in [0, 0.1) is 0 Å². The summed E-state index contributed by atoms with van der Waals surface area (Å²) in [5.41, 5.74) is 1.92. The third-order valence-electron chi connectivity index (χ3n) is 6.13. The summed E-state index contributed by atoms with van der Waals surface area (Å²) >= 11 is 6.26. The third kappa shape index (κ3) is 5.09. The minimum absolute atomic E-state index is 0.0806. The molecule has 0 spiro atoms. The Morgan fingerprint density at radius 1 is 0.906 bits per heavy atom. The number of hydrogen-bond acceptors (Lipinski definition) is 5. The van der Waals surface area contributed by atoms with Crippen LogP contribution in [0.1, 0.15) is 29.6 Å².